The zero-order valence-corrected chi connectivity index (χ0v) is 19.7. The molecular weight excluding hydrogens is 502 g/mol. The standard InChI is InChI=1S/C25H20BrN3O5/c1-2-33-23-12-18(22(26)14-24(23)34-16-17-7-4-3-5-8-17)11-19(15-27)25(30)28-20-9-6-10-21(13-20)29(31)32/h3-14H,2,16H2,1H3,(H,28,30)/b19-11+. The lowest BCUT2D eigenvalue weighted by Gasteiger charge is -2.14. The maximum atomic E-state index is 12.6. The van der Waals surface area contributed by atoms with Crippen LogP contribution < -0.4 is 14.8 Å². The van der Waals surface area contributed by atoms with E-state index in [-0.39, 0.29) is 16.9 Å². The maximum Gasteiger partial charge on any atom is 0.271 e. The SMILES string of the molecule is CCOc1cc(/C=C(\C#N)C(=O)Nc2cccc([N+](=O)[O-])c2)c(Br)cc1OCc1ccccc1. The van der Waals surface area contributed by atoms with Crippen LogP contribution in [-0.2, 0) is 11.4 Å². The van der Waals surface area contributed by atoms with E-state index in [1.165, 1.54) is 30.3 Å². The second kappa shape index (κ2) is 11.6. The molecule has 0 aliphatic heterocycles. The second-order valence-corrected chi connectivity index (χ2v) is 7.81. The first kappa shape index (κ1) is 24.5. The summed E-state index contributed by atoms with van der Waals surface area (Å²) in [6.07, 6.45) is 1.40. The Hall–Kier alpha value is -4.16. The number of nitro benzene ring substituents is 1. The summed E-state index contributed by atoms with van der Waals surface area (Å²) in [6.45, 7) is 2.58. The molecule has 8 nitrogen and oxygen atoms in total. The highest BCUT2D eigenvalue weighted by Gasteiger charge is 2.15. The lowest BCUT2D eigenvalue weighted by Crippen LogP contribution is -2.13. The van der Waals surface area contributed by atoms with Gasteiger partial charge in [0.15, 0.2) is 11.5 Å². The molecule has 0 heterocycles. The summed E-state index contributed by atoms with van der Waals surface area (Å²) in [5, 5.41) is 23.0. The third-order valence-corrected chi connectivity index (χ3v) is 5.27. The molecule has 9 heteroatoms. The molecule has 0 saturated heterocycles. The molecule has 0 aliphatic carbocycles. The van der Waals surface area contributed by atoms with Crippen molar-refractivity contribution >= 4 is 39.3 Å². The highest BCUT2D eigenvalue weighted by molar-refractivity contribution is 9.10. The Bertz CT molecular complexity index is 1270. The number of nitrogens with zero attached hydrogens (tertiary/aromatic N) is 2. The van der Waals surface area contributed by atoms with Gasteiger partial charge >= 0.3 is 0 Å². The molecule has 0 radical (unpaired) electrons. The van der Waals surface area contributed by atoms with E-state index in [9.17, 15) is 20.2 Å². The molecule has 172 valence electrons. The van der Waals surface area contributed by atoms with Gasteiger partial charge in [-0.25, -0.2) is 0 Å². The van der Waals surface area contributed by atoms with Crippen LogP contribution in [0.2, 0.25) is 0 Å². The number of amides is 1. The Labute approximate surface area is 204 Å². The number of non-ortho nitro benzene ring substituents is 1. The molecule has 0 bridgehead atoms. The van der Waals surface area contributed by atoms with Crippen LogP contribution >= 0.6 is 15.9 Å². The number of rotatable bonds is 9. The normalized spacial score (nSPS) is 10.8. The van der Waals surface area contributed by atoms with E-state index < -0.39 is 10.8 Å². The summed E-state index contributed by atoms with van der Waals surface area (Å²) >= 11 is 3.46. The first-order chi connectivity index (χ1) is 16.4. The monoisotopic (exact) mass is 521 g/mol. The summed E-state index contributed by atoms with van der Waals surface area (Å²) in [5.74, 6) is 0.274. The Morgan fingerprint density at radius 1 is 1.12 bits per heavy atom. The molecule has 0 unspecified atom stereocenters. The summed E-state index contributed by atoms with van der Waals surface area (Å²) in [4.78, 5) is 23.0. The summed E-state index contributed by atoms with van der Waals surface area (Å²) < 4.78 is 12.2. The van der Waals surface area contributed by atoms with Crippen molar-refractivity contribution < 1.29 is 19.2 Å². The van der Waals surface area contributed by atoms with Gasteiger partial charge in [0.05, 0.1) is 11.5 Å². The summed E-state index contributed by atoms with van der Waals surface area (Å²) in [5.41, 5.74) is 1.37. The number of nitro groups is 1. The first-order valence-electron chi connectivity index (χ1n) is 10.2. The fourth-order valence-electron chi connectivity index (χ4n) is 2.98. The van der Waals surface area contributed by atoms with Gasteiger partial charge in [-0.1, -0.05) is 52.3 Å². The number of carbonyl (C=O) groups is 1. The van der Waals surface area contributed by atoms with Crippen molar-refractivity contribution in [2.75, 3.05) is 11.9 Å². The minimum Gasteiger partial charge on any atom is -0.490 e. The van der Waals surface area contributed by atoms with E-state index in [1.807, 2.05) is 43.3 Å². The summed E-state index contributed by atoms with van der Waals surface area (Å²) in [7, 11) is 0. The number of anilines is 1. The van der Waals surface area contributed by atoms with E-state index in [0.717, 1.165) is 5.56 Å². The highest BCUT2D eigenvalue weighted by Crippen LogP contribution is 2.35. The fourth-order valence-corrected chi connectivity index (χ4v) is 3.41. The largest absolute Gasteiger partial charge is 0.490 e. The second-order valence-electron chi connectivity index (χ2n) is 6.96. The summed E-state index contributed by atoms with van der Waals surface area (Å²) in [6, 6.07) is 20.4. The zero-order valence-electron chi connectivity index (χ0n) is 18.2. The van der Waals surface area contributed by atoms with Gasteiger partial charge < -0.3 is 14.8 Å². The van der Waals surface area contributed by atoms with Crippen molar-refractivity contribution in [3.63, 3.8) is 0 Å². The van der Waals surface area contributed by atoms with Crippen molar-refractivity contribution in [3.05, 3.63) is 98.0 Å². The number of hydrogen-bond acceptors (Lipinski definition) is 6. The molecule has 3 aromatic carbocycles. The van der Waals surface area contributed by atoms with Gasteiger partial charge in [-0.15, -0.1) is 0 Å². The molecule has 34 heavy (non-hydrogen) atoms. The molecule has 0 atom stereocenters. The number of nitriles is 1. The molecule has 0 aromatic heterocycles. The Kier molecular flexibility index (Phi) is 8.37. The van der Waals surface area contributed by atoms with E-state index in [2.05, 4.69) is 21.2 Å². The van der Waals surface area contributed by atoms with Crippen molar-refractivity contribution in [1.82, 2.24) is 0 Å². The lowest BCUT2D eigenvalue weighted by atomic mass is 10.1. The molecule has 0 aliphatic rings. The third kappa shape index (κ3) is 6.43. The zero-order chi connectivity index (χ0) is 24.5. The topological polar surface area (TPSA) is 114 Å². The third-order valence-electron chi connectivity index (χ3n) is 4.58. The van der Waals surface area contributed by atoms with Crippen molar-refractivity contribution in [2.45, 2.75) is 13.5 Å². The van der Waals surface area contributed by atoms with Gasteiger partial charge in [0.2, 0.25) is 0 Å². The van der Waals surface area contributed by atoms with Gasteiger partial charge in [0.1, 0.15) is 18.2 Å². The molecule has 0 fully saturated rings. The molecule has 3 aromatic rings. The quantitative estimate of drug-likeness (QED) is 0.162. The Morgan fingerprint density at radius 2 is 1.85 bits per heavy atom. The maximum absolute atomic E-state index is 12.6. The van der Waals surface area contributed by atoms with Crippen LogP contribution in [0, 0.1) is 21.4 Å². The van der Waals surface area contributed by atoms with Gasteiger partial charge in [-0.05, 0) is 42.3 Å². The number of nitrogens with one attached hydrogen (secondary N) is 1. The molecule has 0 spiro atoms. The predicted molar refractivity (Wildman–Crippen MR) is 131 cm³/mol. The van der Waals surface area contributed by atoms with Crippen molar-refractivity contribution in [2.24, 2.45) is 0 Å². The van der Waals surface area contributed by atoms with Gasteiger partial charge in [0.25, 0.3) is 11.6 Å². The van der Waals surface area contributed by atoms with E-state index in [0.29, 0.717) is 34.7 Å². The number of benzene rings is 3. The van der Waals surface area contributed by atoms with Gasteiger partial charge in [-0.3, -0.25) is 14.9 Å². The number of halogens is 1. The minimum atomic E-state index is -0.697. The van der Waals surface area contributed by atoms with Crippen LogP contribution in [0.5, 0.6) is 11.5 Å². The average Bonchev–Trinajstić information content (AvgIpc) is 2.84. The molecular formula is C25H20BrN3O5. The van der Waals surface area contributed by atoms with E-state index in [1.54, 1.807) is 12.1 Å². The van der Waals surface area contributed by atoms with Crippen LogP contribution in [0.4, 0.5) is 11.4 Å². The fraction of sp³-hybridized carbons (Fsp3) is 0.120. The molecule has 1 amide bonds. The van der Waals surface area contributed by atoms with Crippen LogP contribution in [0.3, 0.4) is 0 Å². The highest BCUT2D eigenvalue weighted by atomic mass is 79.9. The van der Waals surface area contributed by atoms with Crippen molar-refractivity contribution in [3.8, 4) is 17.6 Å². The average molecular weight is 522 g/mol. The first-order valence-corrected chi connectivity index (χ1v) is 11.0. The van der Waals surface area contributed by atoms with Crippen LogP contribution in [0.25, 0.3) is 6.08 Å². The molecule has 1 N–H and O–H groups in total. The number of carbonyl (C=O) groups excluding carboxylic acids is 1. The predicted octanol–water partition coefficient (Wildman–Crippen LogP) is 5.88. The van der Waals surface area contributed by atoms with Crippen LogP contribution in [0.15, 0.2) is 76.8 Å². The van der Waals surface area contributed by atoms with Crippen LogP contribution in [-0.4, -0.2) is 17.4 Å². The molecule has 3 rings (SSSR count). The number of hydrogen-bond donors (Lipinski definition) is 1. The van der Waals surface area contributed by atoms with Crippen LogP contribution in [0.1, 0.15) is 18.1 Å². The Balaban J connectivity index is 1.85. The van der Waals surface area contributed by atoms with Gasteiger partial charge in [0, 0.05) is 22.3 Å². The molecule has 0 saturated carbocycles. The number of ether oxygens (including phenoxy) is 2. The van der Waals surface area contributed by atoms with E-state index >= 15 is 0 Å². The Morgan fingerprint density at radius 3 is 2.53 bits per heavy atom. The lowest BCUT2D eigenvalue weighted by molar-refractivity contribution is -0.384. The van der Waals surface area contributed by atoms with E-state index in [4.69, 9.17) is 9.47 Å². The van der Waals surface area contributed by atoms with Crippen molar-refractivity contribution in [1.29, 1.82) is 5.26 Å². The van der Waals surface area contributed by atoms with Gasteiger partial charge in [-0.2, -0.15) is 5.26 Å². The smallest absolute Gasteiger partial charge is 0.271 e. The minimum absolute atomic E-state index is 0.171.